The van der Waals surface area contributed by atoms with Crippen molar-refractivity contribution in [1.82, 2.24) is 20.0 Å². The molecule has 1 saturated heterocycles. The van der Waals surface area contributed by atoms with Gasteiger partial charge in [0, 0.05) is 17.2 Å². The minimum absolute atomic E-state index is 0.210. The summed E-state index contributed by atoms with van der Waals surface area (Å²) >= 11 is 0. The van der Waals surface area contributed by atoms with Gasteiger partial charge in [0.1, 0.15) is 11.9 Å². The quantitative estimate of drug-likeness (QED) is 0.628. The molecule has 0 aliphatic carbocycles. The molecule has 1 atom stereocenters. The predicted octanol–water partition coefficient (Wildman–Crippen LogP) is 2.82. The SMILES string of the molecule is C[C@@H](Oc1cc(B2OC(C)(C)C(C)(C)O2)cnc1N)c1cc(F)ccc1-n1nccn1. The maximum atomic E-state index is 14.0. The van der Waals surface area contributed by atoms with Crippen LogP contribution in [0.2, 0.25) is 0 Å². The highest BCUT2D eigenvalue weighted by atomic mass is 19.1. The van der Waals surface area contributed by atoms with Gasteiger partial charge in [-0.25, -0.2) is 9.37 Å². The first-order chi connectivity index (χ1) is 14.6. The molecule has 0 bridgehead atoms. The molecule has 0 radical (unpaired) electrons. The second-order valence-electron chi connectivity index (χ2n) is 8.52. The summed E-state index contributed by atoms with van der Waals surface area (Å²) < 4.78 is 32.3. The van der Waals surface area contributed by atoms with Crippen LogP contribution in [0.3, 0.4) is 0 Å². The van der Waals surface area contributed by atoms with Crippen LogP contribution in [0.1, 0.15) is 46.3 Å². The van der Waals surface area contributed by atoms with Crippen molar-refractivity contribution in [3.63, 3.8) is 0 Å². The lowest BCUT2D eigenvalue weighted by atomic mass is 9.80. The van der Waals surface area contributed by atoms with E-state index in [1.807, 2.05) is 27.7 Å². The molecule has 1 aromatic carbocycles. The van der Waals surface area contributed by atoms with E-state index in [1.54, 1.807) is 37.6 Å². The van der Waals surface area contributed by atoms with Crippen LogP contribution >= 0.6 is 0 Å². The Bertz CT molecular complexity index is 1070. The van der Waals surface area contributed by atoms with E-state index in [0.717, 1.165) is 0 Å². The number of rotatable bonds is 5. The van der Waals surface area contributed by atoms with Crippen LogP contribution < -0.4 is 15.9 Å². The minimum atomic E-state index is -0.603. The lowest BCUT2D eigenvalue weighted by molar-refractivity contribution is 0.00578. The minimum Gasteiger partial charge on any atom is -0.482 e. The number of anilines is 1. The Morgan fingerprint density at radius 3 is 2.39 bits per heavy atom. The number of ether oxygens (including phenoxy) is 1. The summed E-state index contributed by atoms with van der Waals surface area (Å²) in [6.07, 6.45) is 4.15. The molecule has 1 aliphatic heterocycles. The number of nitrogens with zero attached hydrogens (tertiary/aromatic N) is 4. The summed E-state index contributed by atoms with van der Waals surface area (Å²) in [6.45, 7) is 9.71. The maximum absolute atomic E-state index is 14.0. The van der Waals surface area contributed by atoms with Crippen molar-refractivity contribution in [3.05, 3.63) is 54.2 Å². The standard InChI is InChI=1S/C21H25BFN5O3/c1-13(16-11-15(23)6-7-17(16)28-26-8-9-27-28)29-18-10-14(12-25-19(18)24)22-30-20(2,3)21(4,5)31-22/h6-13H,1-5H3,(H2,24,25)/t13-/m1/s1. The van der Waals surface area contributed by atoms with Crippen molar-refractivity contribution in [2.45, 2.75) is 51.9 Å². The fraction of sp³-hybridized carbons (Fsp3) is 0.381. The van der Waals surface area contributed by atoms with Crippen LogP contribution in [-0.2, 0) is 9.31 Å². The van der Waals surface area contributed by atoms with Gasteiger partial charge < -0.3 is 19.8 Å². The Hall–Kier alpha value is -2.98. The molecule has 4 rings (SSSR count). The number of nitrogens with two attached hydrogens (primary N) is 1. The molecule has 0 saturated carbocycles. The molecule has 3 aromatic rings. The zero-order valence-electron chi connectivity index (χ0n) is 18.2. The number of hydrogen-bond acceptors (Lipinski definition) is 7. The number of halogens is 1. The molecular weight excluding hydrogens is 400 g/mol. The van der Waals surface area contributed by atoms with Gasteiger partial charge >= 0.3 is 7.12 Å². The molecule has 10 heteroatoms. The van der Waals surface area contributed by atoms with Crippen LogP contribution in [0.4, 0.5) is 10.2 Å². The highest BCUT2D eigenvalue weighted by molar-refractivity contribution is 6.62. The lowest BCUT2D eigenvalue weighted by Gasteiger charge is -2.32. The van der Waals surface area contributed by atoms with Gasteiger partial charge in [-0.2, -0.15) is 15.0 Å². The van der Waals surface area contributed by atoms with E-state index in [9.17, 15) is 4.39 Å². The van der Waals surface area contributed by atoms with Gasteiger partial charge in [-0.15, -0.1) is 0 Å². The lowest BCUT2D eigenvalue weighted by Crippen LogP contribution is -2.41. The van der Waals surface area contributed by atoms with Crippen LogP contribution in [-0.4, -0.2) is 38.3 Å². The Morgan fingerprint density at radius 1 is 1.10 bits per heavy atom. The smallest absolute Gasteiger partial charge is 0.482 e. The highest BCUT2D eigenvalue weighted by Gasteiger charge is 2.52. The first kappa shape index (κ1) is 21.3. The molecule has 0 amide bonds. The van der Waals surface area contributed by atoms with Crippen LogP contribution in [0, 0.1) is 5.82 Å². The summed E-state index contributed by atoms with van der Waals surface area (Å²) in [5.41, 5.74) is 6.94. The average Bonchev–Trinajstić information content (AvgIpc) is 3.29. The number of hydrogen-bond donors (Lipinski definition) is 1. The maximum Gasteiger partial charge on any atom is 0.496 e. The van der Waals surface area contributed by atoms with E-state index >= 15 is 0 Å². The van der Waals surface area contributed by atoms with Crippen molar-refractivity contribution in [3.8, 4) is 11.4 Å². The molecular formula is C21H25BFN5O3. The topological polar surface area (TPSA) is 97.3 Å². The fourth-order valence-electron chi connectivity index (χ4n) is 3.30. The molecule has 31 heavy (non-hydrogen) atoms. The van der Waals surface area contributed by atoms with Crippen LogP contribution in [0.25, 0.3) is 5.69 Å². The van der Waals surface area contributed by atoms with E-state index in [4.69, 9.17) is 19.8 Å². The number of nitrogen functional groups attached to an aromatic ring is 1. The van der Waals surface area contributed by atoms with E-state index < -0.39 is 30.2 Å². The Morgan fingerprint density at radius 2 is 1.74 bits per heavy atom. The van der Waals surface area contributed by atoms with Gasteiger partial charge in [0.05, 0.1) is 29.3 Å². The molecule has 162 valence electrons. The van der Waals surface area contributed by atoms with Crippen molar-refractivity contribution < 1.29 is 18.4 Å². The number of aromatic nitrogens is 4. The van der Waals surface area contributed by atoms with Crippen molar-refractivity contribution in [2.75, 3.05) is 5.73 Å². The normalized spacial score (nSPS) is 18.2. The molecule has 1 aliphatic rings. The molecule has 0 unspecified atom stereocenters. The zero-order chi connectivity index (χ0) is 22.4. The van der Waals surface area contributed by atoms with Gasteiger partial charge in [-0.3, -0.25) is 0 Å². The van der Waals surface area contributed by atoms with Gasteiger partial charge in [0.2, 0.25) is 0 Å². The fourth-order valence-corrected chi connectivity index (χ4v) is 3.30. The number of benzene rings is 1. The second-order valence-corrected chi connectivity index (χ2v) is 8.52. The van der Waals surface area contributed by atoms with E-state index in [2.05, 4.69) is 15.2 Å². The monoisotopic (exact) mass is 425 g/mol. The van der Waals surface area contributed by atoms with Crippen LogP contribution in [0.15, 0.2) is 42.9 Å². The van der Waals surface area contributed by atoms with Gasteiger partial charge in [-0.05, 0) is 58.9 Å². The van der Waals surface area contributed by atoms with Crippen LogP contribution in [0.5, 0.6) is 5.75 Å². The Balaban J connectivity index is 1.62. The van der Waals surface area contributed by atoms with Crippen molar-refractivity contribution >= 4 is 18.4 Å². The first-order valence-corrected chi connectivity index (χ1v) is 10.0. The predicted molar refractivity (Wildman–Crippen MR) is 115 cm³/mol. The Labute approximate surface area is 180 Å². The first-order valence-electron chi connectivity index (χ1n) is 10.0. The molecule has 1 fully saturated rings. The summed E-state index contributed by atoms with van der Waals surface area (Å²) in [6, 6.07) is 6.09. The summed E-state index contributed by atoms with van der Waals surface area (Å²) in [4.78, 5) is 5.66. The van der Waals surface area contributed by atoms with E-state index in [0.29, 0.717) is 22.5 Å². The molecule has 2 N–H and O–H groups in total. The molecule has 0 spiro atoms. The van der Waals surface area contributed by atoms with Crippen molar-refractivity contribution in [1.29, 1.82) is 0 Å². The number of pyridine rings is 1. The molecule has 2 aromatic heterocycles. The van der Waals surface area contributed by atoms with Gasteiger partial charge in [0.25, 0.3) is 0 Å². The summed E-state index contributed by atoms with van der Waals surface area (Å²) in [5.74, 6) is 0.170. The van der Waals surface area contributed by atoms with E-state index in [-0.39, 0.29) is 5.82 Å². The van der Waals surface area contributed by atoms with Gasteiger partial charge in [0.15, 0.2) is 11.6 Å². The zero-order valence-corrected chi connectivity index (χ0v) is 18.2. The van der Waals surface area contributed by atoms with Crippen molar-refractivity contribution in [2.24, 2.45) is 0 Å². The largest absolute Gasteiger partial charge is 0.496 e. The summed E-state index contributed by atoms with van der Waals surface area (Å²) in [7, 11) is -0.603. The third-order valence-corrected chi connectivity index (χ3v) is 5.79. The molecule has 8 nitrogen and oxygen atoms in total. The summed E-state index contributed by atoms with van der Waals surface area (Å²) in [5, 5.41) is 8.27. The highest BCUT2D eigenvalue weighted by Crippen LogP contribution is 2.37. The van der Waals surface area contributed by atoms with E-state index in [1.165, 1.54) is 16.9 Å². The second kappa shape index (κ2) is 7.62. The van der Waals surface area contributed by atoms with Gasteiger partial charge in [-0.1, -0.05) is 0 Å². The third kappa shape index (κ3) is 4.00. The molecule has 3 heterocycles. The average molecular weight is 425 g/mol. The Kier molecular flexibility index (Phi) is 5.22. The third-order valence-electron chi connectivity index (χ3n) is 5.79.